The largest absolute Gasteiger partial charge is 0.272 e. The molecule has 2 heteroatoms. The van der Waals surface area contributed by atoms with Gasteiger partial charge in [-0.3, -0.25) is 4.68 Å². The topological polar surface area (TPSA) is 17.8 Å². The van der Waals surface area contributed by atoms with Crippen LogP contribution in [0.25, 0.3) is 6.08 Å². The first-order valence-electron chi connectivity index (χ1n) is 3.87. The fraction of sp³-hybridized carbons (Fsp3) is 0.444. The van der Waals surface area contributed by atoms with E-state index in [4.69, 9.17) is 0 Å². The van der Waals surface area contributed by atoms with Crippen molar-refractivity contribution in [1.82, 2.24) is 9.78 Å². The number of aromatic nitrogens is 2. The van der Waals surface area contributed by atoms with Crippen molar-refractivity contribution in [3.63, 3.8) is 0 Å². The summed E-state index contributed by atoms with van der Waals surface area (Å²) in [7, 11) is 0. The van der Waals surface area contributed by atoms with Gasteiger partial charge in [0.2, 0.25) is 0 Å². The summed E-state index contributed by atoms with van der Waals surface area (Å²) >= 11 is 0. The first kappa shape index (κ1) is 8.05. The van der Waals surface area contributed by atoms with Gasteiger partial charge in [-0.25, -0.2) is 0 Å². The predicted molar refractivity (Wildman–Crippen MR) is 47.2 cm³/mol. The van der Waals surface area contributed by atoms with Gasteiger partial charge >= 0.3 is 0 Å². The van der Waals surface area contributed by atoms with E-state index in [9.17, 15) is 0 Å². The Morgan fingerprint density at radius 2 is 2.45 bits per heavy atom. The van der Waals surface area contributed by atoms with Crippen LogP contribution >= 0.6 is 0 Å². The molecular formula is C9H14N2. The monoisotopic (exact) mass is 150 g/mol. The average Bonchev–Trinajstić information content (AvgIpc) is 2.34. The number of hydrogen-bond acceptors (Lipinski definition) is 1. The quantitative estimate of drug-likeness (QED) is 0.645. The smallest absolute Gasteiger partial charge is 0.0562 e. The second-order valence-electron chi connectivity index (χ2n) is 3.09. The Morgan fingerprint density at radius 3 is 2.91 bits per heavy atom. The molecular weight excluding hydrogens is 136 g/mol. The Balaban J connectivity index is 2.65. The molecule has 0 spiro atoms. The average molecular weight is 150 g/mol. The molecule has 0 saturated heterocycles. The van der Waals surface area contributed by atoms with Crippen LogP contribution < -0.4 is 0 Å². The van der Waals surface area contributed by atoms with E-state index in [1.54, 1.807) is 0 Å². The summed E-state index contributed by atoms with van der Waals surface area (Å²) in [5.41, 5.74) is 1.09. The molecule has 0 amide bonds. The lowest BCUT2D eigenvalue weighted by atomic mass is 10.2. The summed E-state index contributed by atoms with van der Waals surface area (Å²) in [5.74, 6) is 0.646. The van der Waals surface area contributed by atoms with Crippen LogP contribution in [0.3, 0.4) is 0 Å². The second kappa shape index (κ2) is 3.37. The van der Waals surface area contributed by atoms with E-state index in [1.807, 2.05) is 23.2 Å². The Labute approximate surface area is 67.5 Å². The maximum Gasteiger partial charge on any atom is 0.0562 e. The van der Waals surface area contributed by atoms with E-state index in [2.05, 4.69) is 25.5 Å². The Morgan fingerprint density at radius 1 is 1.73 bits per heavy atom. The fourth-order valence-corrected chi connectivity index (χ4v) is 0.959. The number of nitrogens with zero attached hydrogens (tertiary/aromatic N) is 2. The van der Waals surface area contributed by atoms with Crippen molar-refractivity contribution in [2.75, 3.05) is 0 Å². The predicted octanol–water partition coefficient (Wildman–Crippen LogP) is 2.18. The minimum atomic E-state index is 0.646. The highest BCUT2D eigenvalue weighted by molar-refractivity contribution is 5.43. The van der Waals surface area contributed by atoms with Crippen LogP contribution in [0.2, 0.25) is 0 Å². The van der Waals surface area contributed by atoms with Crippen LogP contribution in [0.5, 0.6) is 0 Å². The van der Waals surface area contributed by atoms with Crippen molar-refractivity contribution in [2.45, 2.75) is 20.4 Å². The fourth-order valence-electron chi connectivity index (χ4n) is 0.959. The summed E-state index contributed by atoms with van der Waals surface area (Å²) in [6.07, 6.45) is 5.65. The molecule has 1 aromatic rings. The summed E-state index contributed by atoms with van der Waals surface area (Å²) in [4.78, 5) is 0. The van der Waals surface area contributed by atoms with Crippen LogP contribution in [0, 0.1) is 5.92 Å². The maximum absolute atomic E-state index is 4.17. The molecule has 0 N–H and O–H groups in total. The molecule has 0 aliphatic carbocycles. The second-order valence-corrected chi connectivity index (χ2v) is 3.09. The third-order valence-corrected chi connectivity index (χ3v) is 1.44. The van der Waals surface area contributed by atoms with Crippen LogP contribution in [-0.4, -0.2) is 9.78 Å². The zero-order chi connectivity index (χ0) is 8.27. The molecule has 11 heavy (non-hydrogen) atoms. The molecule has 0 saturated carbocycles. The van der Waals surface area contributed by atoms with Crippen molar-refractivity contribution in [3.05, 3.63) is 24.5 Å². The van der Waals surface area contributed by atoms with E-state index in [-0.39, 0.29) is 0 Å². The SMILES string of the molecule is C=Cc1cnn(CC(C)C)c1. The zero-order valence-corrected chi connectivity index (χ0v) is 7.12. The summed E-state index contributed by atoms with van der Waals surface area (Å²) in [5, 5.41) is 4.17. The first-order valence-corrected chi connectivity index (χ1v) is 3.87. The number of rotatable bonds is 3. The van der Waals surface area contributed by atoms with Crippen molar-refractivity contribution >= 4 is 6.08 Å². The third-order valence-electron chi connectivity index (χ3n) is 1.44. The van der Waals surface area contributed by atoms with E-state index in [0.717, 1.165) is 12.1 Å². The summed E-state index contributed by atoms with van der Waals surface area (Å²) in [6.45, 7) is 9.00. The first-order chi connectivity index (χ1) is 5.22. The highest BCUT2D eigenvalue weighted by atomic mass is 15.3. The Kier molecular flexibility index (Phi) is 2.47. The highest BCUT2D eigenvalue weighted by Crippen LogP contribution is 2.02. The molecule has 0 atom stereocenters. The molecule has 1 aromatic heterocycles. The van der Waals surface area contributed by atoms with Gasteiger partial charge in [0.1, 0.15) is 0 Å². The normalized spacial score (nSPS) is 10.5. The van der Waals surface area contributed by atoms with Crippen molar-refractivity contribution in [3.8, 4) is 0 Å². The molecule has 1 rings (SSSR count). The van der Waals surface area contributed by atoms with Gasteiger partial charge in [-0.15, -0.1) is 0 Å². The van der Waals surface area contributed by atoms with Gasteiger partial charge in [0.25, 0.3) is 0 Å². The van der Waals surface area contributed by atoms with E-state index < -0.39 is 0 Å². The molecule has 2 nitrogen and oxygen atoms in total. The van der Waals surface area contributed by atoms with Crippen molar-refractivity contribution in [2.24, 2.45) is 5.92 Å². The van der Waals surface area contributed by atoms with Gasteiger partial charge in [-0.2, -0.15) is 5.10 Å². The van der Waals surface area contributed by atoms with Crippen LogP contribution in [0.4, 0.5) is 0 Å². The van der Waals surface area contributed by atoms with Gasteiger partial charge in [0.05, 0.1) is 6.20 Å². The van der Waals surface area contributed by atoms with E-state index >= 15 is 0 Å². The molecule has 0 fully saturated rings. The zero-order valence-electron chi connectivity index (χ0n) is 7.12. The van der Waals surface area contributed by atoms with Crippen molar-refractivity contribution in [1.29, 1.82) is 0 Å². The molecule has 0 aliphatic rings. The molecule has 60 valence electrons. The van der Waals surface area contributed by atoms with Crippen LogP contribution in [0.1, 0.15) is 19.4 Å². The number of hydrogen-bond donors (Lipinski definition) is 0. The lowest BCUT2D eigenvalue weighted by Crippen LogP contribution is -2.03. The molecule has 0 radical (unpaired) electrons. The van der Waals surface area contributed by atoms with Crippen molar-refractivity contribution < 1.29 is 0 Å². The molecule has 0 unspecified atom stereocenters. The minimum absolute atomic E-state index is 0.646. The Bertz CT molecular complexity index is 235. The van der Waals surface area contributed by atoms with Gasteiger partial charge < -0.3 is 0 Å². The minimum Gasteiger partial charge on any atom is -0.272 e. The van der Waals surface area contributed by atoms with E-state index in [0.29, 0.717) is 5.92 Å². The lowest BCUT2D eigenvalue weighted by Gasteiger charge is -2.02. The Hall–Kier alpha value is -1.05. The lowest BCUT2D eigenvalue weighted by molar-refractivity contribution is 0.483. The summed E-state index contributed by atoms with van der Waals surface area (Å²) in [6, 6.07) is 0. The molecule has 0 aromatic carbocycles. The van der Waals surface area contributed by atoms with Gasteiger partial charge in [0, 0.05) is 18.3 Å². The van der Waals surface area contributed by atoms with Crippen LogP contribution in [-0.2, 0) is 6.54 Å². The van der Waals surface area contributed by atoms with Gasteiger partial charge in [-0.1, -0.05) is 26.5 Å². The maximum atomic E-state index is 4.17. The van der Waals surface area contributed by atoms with Gasteiger partial charge in [-0.05, 0) is 5.92 Å². The third kappa shape index (κ3) is 2.22. The molecule has 0 aliphatic heterocycles. The van der Waals surface area contributed by atoms with Crippen LogP contribution in [0.15, 0.2) is 19.0 Å². The summed E-state index contributed by atoms with van der Waals surface area (Å²) < 4.78 is 1.95. The standard InChI is InChI=1S/C9H14N2/c1-4-9-5-10-11(7-9)6-8(2)3/h4-5,7-8H,1,6H2,2-3H3. The van der Waals surface area contributed by atoms with E-state index in [1.165, 1.54) is 0 Å². The van der Waals surface area contributed by atoms with Gasteiger partial charge in [0.15, 0.2) is 0 Å². The molecule has 0 bridgehead atoms. The highest BCUT2D eigenvalue weighted by Gasteiger charge is 1.96. The molecule has 1 heterocycles.